The van der Waals surface area contributed by atoms with Crippen LogP contribution in [-0.2, 0) is 0 Å². The number of nitrogens with two attached hydrogens (primary N) is 1. The summed E-state index contributed by atoms with van der Waals surface area (Å²) in [4.78, 5) is 16.1. The van der Waals surface area contributed by atoms with E-state index >= 15 is 0 Å². The molecule has 21 heavy (non-hydrogen) atoms. The van der Waals surface area contributed by atoms with E-state index in [0.29, 0.717) is 6.54 Å². The average Bonchev–Trinajstić information content (AvgIpc) is 3.16. The van der Waals surface area contributed by atoms with Gasteiger partial charge in [-0.1, -0.05) is 12.1 Å². The molecule has 1 aromatic carbocycles. The first-order chi connectivity index (χ1) is 10.2. The first kappa shape index (κ1) is 14.2. The minimum absolute atomic E-state index is 0.0568. The Morgan fingerprint density at radius 3 is 2.76 bits per heavy atom. The van der Waals surface area contributed by atoms with Crippen molar-refractivity contribution in [3.05, 3.63) is 47.1 Å². The molecule has 0 radical (unpaired) electrons. The summed E-state index contributed by atoms with van der Waals surface area (Å²) in [5.41, 5.74) is 6.65. The third kappa shape index (κ3) is 2.84. The Kier molecular flexibility index (Phi) is 4.03. The zero-order chi connectivity index (χ0) is 14.8. The van der Waals surface area contributed by atoms with Gasteiger partial charge in [-0.2, -0.15) is 0 Å². The van der Waals surface area contributed by atoms with Crippen LogP contribution in [0.25, 0.3) is 10.4 Å². The van der Waals surface area contributed by atoms with Crippen LogP contribution < -0.4 is 5.73 Å². The van der Waals surface area contributed by atoms with Crippen LogP contribution in [0.5, 0.6) is 0 Å². The molecule has 110 valence electrons. The van der Waals surface area contributed by atoms with Crippen molar-refractivity contribution in [2.75, 3.05) is 13.1 Å². The van der Waals surface area contributed by atoms with Crippen LogP contribution in [0, 0.1) is 5.82 Å². The molecule has 2 heterocycles. The highest BCUT2D eigenvalue weighted by atomic mass is 32.1. The Hall–Kier alpha value is -1.72. The molecule has 3 rings (SSSR count). The van der Waals surface area contributed by atoms with Gasteiger partial charge in [0.25, 0.3) is 5.91 Å². The van der Waals surface area contributed by atoms with Gasteiger partial charge in [0.15, 0.2) is 0 Å². The number of hydrogen-bond donors (Lipinski definition) is 1. The second-order valence-corrected chi connectivity index (χ2v) is 6.28. The molecular weight excluding hydrogens is 287 g/mol. The zero-order valence-corrected chi connectivity index (χ0v) is 12.4. The molecule has 0 saturated carbocycles. The number of amides is 1. The van der Waals surface area contributed by atoms with E-state index in [-0.39, 0.29) is 17.8 Å². The van der Waals surface area contributed by atoms with Crippen molar-refractivity contribution in [2.45, 2.75) is 18.9 Å². The summed E-state index contributed by atoms with van der Waals surface area (Å²) in [5.74, 6) is -0.198. The lowest BCUT2D eigenvalue weighted by molar-refractivity contribution is 0.0746. The normalized spacial score (nSPS) is 18.2. The predicted octanol–water partition coefficient (Wildman–Crippen LogP) is 3.12. The van der Waals surface area contributed by atoms with Gasteiger partial charge in [0, 0.05) is 24.0 Å². The molecule has 0 aliphatic carbocycles. The number of halogens is 1. The predicted molar refractivity (Wildman–Crippen MR) is 82.8 cm³/mol. The molecule has 2 N–H and O–H groups in total. The Balaban J connectivity index is 1.81. The van der Waals surface area contributed by atoms with Crippen molar-refractivity contribution in [1.82, 2.24) is 4.90 Å². The Morgan fingerprint density at radius 2 is 2.05 bits per heavy atom. The van der Waals surface area contributed by atoms with E-state index in [0.717, 1.165) is 34.7 Å². The van der Waals surface area contributed by atoms with Crippen LogP contribution in [0.4, 0.5) is 4.39 Å². The highest BCUT2D eigenvalue weighted by Gasteiger charge is 2.29. The maximum Gasteiger partial charge on any atom is 0.264 e. The fourth-order valence-corrected chi connectivity index (χ4v) is 3.68. The highest BCUT2D eigenvalue weighted by Crippen LogP contribution is 2.30. The lowest BCUT2D eigenvalue weighted by atomic mass is 10.2. The number of hydrogen-bond acceptors (Lipinski definition) is 3. The summed E-state index contributed by atoms with van der Waals surface area (Å²) in [6, 6.07) is 10.2. The first-order valence-electron chi connectivity index (χ1n) is 7.06. The van der Waals surface area contributed by atoms with Gasteiger partial charge in [-0.3, -0.25) is 4.79 Å². The van der Waals surface area contributed by atoms with Crippen LogP contribution in [0.3, 0.4) is 0 Å². The van der Waals surface area contributed by atoms with Crippen LogP contribution in [-0.4, -0.2) is 29.9 Å². The molecule has 1 aliphatic heterocycles. The van der Waals surface area contributed by atoms with Crippen molar-refractivity contribution in [3.8, 4) is 10.4 Å². The van der Waals surface area contributed by atoms with Crippen molar-refractivity contribution in [3.63, 3.8) is 0 Å². The molecule has 1 saturated heterocycles. The van der Waals surface area contributed by atoms with E-state index in [9.17, 15) is 9.18 Å². The number of benzene rings is 1. The maximum absolute atomic E-state index is 13.0. The third-order valence-corrected chi connectivity index (χ3v) is 4.98. The molecule has 1 atom stereocenters. The van der Waals surface area contributed by atoms with Crippen molar-refractivity contribution in [1.29, 1.82) is 0 Å². The second-order valence-electron chi connectivity index (χ2n) is 5.20. The Labute approximate surface area is 127 Å². The molecule has 1 amide bonds. The number of thiophene rings is 1. The number of carbonyl (C=O) groups excluding carboxylic acids is 1. The van der Waals surface area contributed by atoms with Crippen molar-refractivity contribution >= 4 is 17.2 Å². The van der Waals surface area contributed by atoms with Crippen LogP contribution in [0.1, 0.15) is 22.5 Å². The van der Waals surface area contributed by atoms with E-state index in [1.807, 2.05) is 17.0 Å². The second kappa shape index (κ2) is 5.95. The number of nitrogens with zero attached hydrogens (tertiary/aromatic N) is 1. The molecule has 3 nitrogen and oxygen atoms in total. The molecule has 1 unspecified atom stereocenters. The van der Waals surface area contributed by atoms with E-state index in [1.54, 1.807) is 12.1 Å². The minimum atomic E-state index is -0.255. The molecule has 0 spiro atoms. The van der Waals surface area contributed by atoms with Gasteiger partial charge in [-0.05, 0) is 42.7 Å². The quantitative estimate of drug-likeness (QED) is 0.947. The van der Waals surface area contributed by atoms with Gasteiger partial charge < -0.3 is 10.6 Å². The Bertz CT molecular complexity index is 638. The van der Waals surface area contributed by atoms with E-state index in [1.165, 1.54) is 23.5 Å². The fourth-order valence-electron chi connectivity index (χ4n) is 2.71. The number of likely N-dealkylation sites (tertiary alicyclic amines) is 1. The topological polar surface area (TPSA) is 46.3 Å². The average molecular weight is 304 g/mol. The monoisotopic (exact) mass is 304 g/mol. The standard InChI is InChI=1S/C16H17FN2OS/c17-12-5-3-11(4-6-12)14-7-8-15(21-14)16(20)19-9-1-2-13(19)10-18/h3-8,13H,1-2,9-10,18H2. The number of carbonyl (C=O) groups is 1. The summed E-state index contributed by atoms with van der Waals surface area (Å²) in [5, 5.41) is 0. The molecule has 2 aromatic rings. The van der Waals surface area contributed by atoms with Crippen LogP contribution in [0.15, 0.2) is 36.4 Å². The smallest absolute Gasteiger partial charge is 0.264 e. The van der Waals surface area contributed by atoms with E-state index in [4.69, 9.17) is 5.73 Å². The van der Waals surface area contributed by atoms with Crippen LogP contribution >= 0.6 is 11.3 Å². The minimum Gasteiger partial charge on any atom is -0.334 e. The summed E-state index contributed by atoms with van der Waals surface area (Å²) in [7, 11) is 0. The molecule has 1 aliphatic rings. The lowest BCUT2D eigenvalue weighted by Crippen LogP contribution is -2.39. The lowest BCUT2D eigenvalue weighted by Gasteiger charge is -2.22. The molecular formula is C16H17FN2OS. The summed E-state index contributed by atoms with van der Waals surface area (Å²) in [6.45, 7) is 1.30. The van der Waals surface area contributed by atoms with Gasteiger partial charge in [0.05, 0.1) is 4.88 Å². The zero-order valence-electron chi connectivity index (χ0n) is 11.6. The number of rotatable bonds is 3. The van der Waals surface area contributed by atoms with Gasteiger partial charge >= 0.3 is 0 Å². The summed E-state index contributed by atoms with van der Waals surface area (Å²) in [6.07, 6.45) is 2.00. The van der Waals surface area contributed by atoms with Crippen molar-refractivity contribution < 1.29 is 9.18 Å². The van der Waals surface area contributed by atoms with Crippen LogP contribution in [0.2, 0.25) is 0 Å². The first-order valence-corrected chi connectivity index (χ1v) is 7.87. The van der Waals surface area contributed by atoms with Gasteiger partial charge in [0.2, 0.25) is 0 Å². The molecule has 1 fully saturated rings. The third-order valence-electron chi connectivity index (χ3n) is 3.86. The summed E-state index contributed by atoms with van der Waals surface area (Å²) < 4.78 is 13.0. The Morgan fingerprint density at radius 1 is 1.29 bits per heavy atom. The maximum atomic E-state index is 13.0. The molecule has 5 heteroatoms. The highest BCUT2D eigenvalue weighted by molar-refractivity contribution is 7.17. The van der Waals surface area contributed by atoms with E-state index < -0.39 is 0 Å². The van der Waals surface area contributed by atoms with Gasteiger partial charge in [0.1, 0.15) is 5.82 Å². The van der Waals surface area contributed by atoms with Crippen molar-refractivity contribution in [2.24, 2.45) is 5.73 Å². The fraction of sp³-hybridized carbons (Fsp3) is 0.312. The van der Waals surface area contributed by atoms with E-state index in [2.05, 4.69) is 0 Å². The largest absolute Gasteiger partial charge is 0.334 e. The van der Waals surface area contributed by atoms with Gasteiger partial charge in [-0.25, -0.2) is 4.39 Å². The molecule has 0 bridgehead atoms. The van der Waals surface area contributed by atoms with Gasteiger partial charge in [-0.15, -0.1) is 11.3 Å². The SMILES string of the molecule is NCC1CCCN1C(=O)c1ccc(-c2ccc(F)cc2)s1. The summed E-state index contributed by atoms with van der Waals surface area (Å²) >= 11 is 1.44. The molecule has 1 aromatic heterocycles.